The second kappa shape index (κ2) is 5.54. The largest absolute Gasteiger partial charge is 0.497 e. The van der Waals surface area contributed by atoms with Gasteiger partial charge in [-0.2, -0.15) is 0 Å². The van der Waals surface area contributed by atoms with E-state index in [2.05, 4.69) is 13.8 Å². The van der Waals surface area contributed by atoms with Crippen LogP contribution >= 0.6 is 0 Å². The predicted octanol–water partition coefficient (Wildman–Crippen LogP) is 3.13. The molecule has 0 bridgehead atoms. The average Bonchev–Trinajstić information content (AvgIpc) is 2.26. The second-order valence-electron chi connectivity index (χ2n) is 3.93. The molecule has 1 aromatic rings. The summed E-state index contributed by atoms with van der Waals surface area (Å²) in [7, 11) is 1.61. The van der Waals surface area contributed by atoms with Crippen molar-refractivity contribution in [1.82, 2.24) is 0 Å². The van der Waals surface area contributed by atoms with Gasteiger partial charge < -0.3 is 4.74 Å². The topological polar surface area (TPSA) is 26.3 Å². The van der Waals surface area contributed by atoms with Crippen molar-refractivity contribution in [3.05, 3.63) is 36.2 Å². The number of ketones is 1. The van der Waals surface area contributed by atoms with E-state index in [1.807, 2.05) is 0 Å². The monoisotopic (exact) mass is 205 g/mol. The zero-order chi connectivity index (χ0) is 11.3. The summed E-state index contributed by atoms with van der Waals surface area (Å²) in [5, 5.41) is 0. The van der Waals surface area contributed by atoms with Crippen LogP contribution in [0.3, 0.4) is 0 Å². The average molecular weight is 205 g/mol. The summed E-state index contributed by atoms with van der Waals surface area (Å²) in [4.78, 5) is 11.7. The van der Waals surface area contributed by atoms with Crippen molar-refractivity contribution >= 4 is 5.78 Å². The lowest BCUT2D eigenvalue weighted by molar-refractivity contribution is 0.102. The highest BCUT2D eigenvalue weighted by Crippen LogP contribution is 2.14. The van der Waals surface area contributed by atoms with Gasteiger partial charge in [0.1, 0.15) is 5.75 Å². The van der Waals surface area contributed by atoms with Gasteiger partial charge in [-0.05, 0) is 36.6 Å². The van der Waals surface area contributed by atoms with Crippen molar-refractivity contribution in [2.45, 2.75) is 20.3 Å². The van der Waals surface area contributed by atoms with E-state index in [-0.39, 0.29) is 5.78 Å². The molecule has 0 aliphatic rings. The molecule has 81 valence electrons. The first kappa shape index (κ1) is 11.8. The normalized spacial score (nSPS) is 10.4. The Morgan fingerprint density at radius 3 is 2.40 bits per heavy atom. The van der Waals surface area contributed by atoms with Crippen molar-refractivity contribution < 1.29 is 9.53 Å². The van der Waals surface area contributed by atoms with E-state index >= 15 is 0 Å². The first-order chi connectivity index (χ1) is 7.13. The van der Waals surface area contributed by atoms with Gasteiger partial charge in [-0.25, -0.2) is 0 Å². The van der Waals surface area contributed by atoms with Crippen LogP contribution in [0, 0.1) is 12.3 Å². The molecule has 0 unspecified atom stereocenters. The number of hydrogen-bond donors (Lipinski definition) is 0. The molecular formula is C13H17O2. The Morgan fingerprint density at radius 2 is 1.93 bits per heavy atom. The first-order valence-electron chi connectivity index (χ1n) is 5.15. The Kier molecular flexibility index (Phi) is 4.35. The number of benzene rings is 1. The minimum absolute atomic E-state index is 0.0892. The molecule has 0 fully saturated rings. The van der Waals surface area contributed by atoms with E-state index in [1.165, 1.54) is 0 Å². The molecule has 0 aliphatic heterocycles. The smallest absolute Gasteiger partial charge is 0.166 e. The number of hydrogen-bond acceptors (Lipinski definition) is 2. The van der Waals surface area contributed by atoms with E-state index in [4.69, 9.17) is 4.74 Å². The molecule has 0 aliphatic carbocycles. The third kappa shape index (κ3) is 3.74. The number of rotatable bonds is 5. The van der Waals surface area contributed by atoms with Gasteiger partial charge in [-0.3, -0.25) is 4.79 Å². The minimum Gasteiger partial charge on any atom is -0.497 e. The lowest BCUT2D eigenvalue weighted by Gasteiger charge is -2.04. The molecule has 0 N–H and O–H groups in total. The molecule has 1 rings (SSSR count). The summed E-state index contributed by atoms with van der Waals surface area (Å²) in [5.74, 6) is 1.38. The fourth-order valence-corrected chi connectivity index (χ4v) is 1.22. The Bertz CT molecular complexity index is 312. The molecule has 0 saturated carbocycles. The minimum atomic E-state index is 0.0892. The molecule has 0 saturated heterocycles. The van der Waals surface area contributed by atoms with Crippen LogP contribution < -0.4 is 4.74 Å². The summed E-state index contributed by atoms with van der Waals surface area (Å²) < 4.78 is 5.03. The van der Waals surface area contributed by atoms with Crippen LogP contribution in [0.2, 0.25) is 0 Å². The maximum absolute atomic E-state index is 11.7. The Labute approximate surface area is 91.3 Å². The fourth-order valence-electron chi connectivity index (χ4n) is 1.22. The Morgan fingerprint density at radius 1 is 1.33 bits per heavy atom. The summed E-state index contributed by atoms with van der Waals surface area (Å²) >= 11 is 0. The third-order valence-corrected chi connectivity index (χ3v) is 2.15. The van der Waals surface area contributed by atoms with Crippen LogP contribution in [0.15, 0.2) is 24.3 Å². The van der Waals surface area contributed by atoms with Crippen LogP contribution in [0.4, 0.5) is 0 Å². The van der Waals surface area contributed by atoms with E-state index in [1.54, 1.807) is 37.8 Å². The van der Waals surface area contributed by atoms with Crippen molar-refractivity contribution in [3.8, 4) is 5.75 Å². The van der Waals surface area contributed by atoms with Gasteiger partial charge in [0.25, 0.3) is 0 Å². The zero-order valence-electron chi connectivity index (χ0n) is 9.49. The SMILES string of the molecule is COc1ccc(C(=O)[CH]CC(C)C)cc1. The predicted molar refractivity (Wildman–Crippen MR) is 61.1 cm³/mol. The Balaban J connectivity index is 2.58. The van der Waals surface area contributed by atoms with E-state index < -0.39 is 0 Å². The lowest BCUT2D eigenvalue weighted by Crippen LogP contribution is -2.02. The van der Waals surface area contributed by atoms with Crippen LogP contribution in [-0.2, 0) is 0 Å². The second-order valence-corrected chi connectivity index (χ2v) is 3.93. The third-order valence-electron chi connectivity index (χ3n) is 2.15. The molecule has 2 heteroatoms. The maximum atomic E-state index is 11.7. The molecule has 1 aromatic carbocycles. The lowest BCUT2D eigenvalue weighted by atomic mass is 10.0. The van der Waals surface area contributed by atoms with Crippen LogP contribution in [-0.4, -0.2) is 12.9 Å². The molecule has 0 atom stereocenters. The molecular weight excluding hydrogens is 188 g/mol. The zero-order valence-corrected chi connectivity index (χ0v) is 9.49. The van der Waals surface area contributed by atoms with Gasteiger partial charge in [-0.1, -0.05) is 13.8 Å². The van der Waals surface area contributed by atoms with Crippen LogP contribution in [0.1, 0.15) is 30.6 Å². The van der Waals surface area contributed by atoms with Crippen molar-refractivity contribution in [3.63, 3.8) is 0 Å². The molecule has 1 radical (unpaired) electrons. The van der Waals surface area contributed by atoms with Crippen molar-refractivity contribution in [2.75, 3.05) is 7.11 Å². The van der Waals surface area contributed by atoms with Gasteiger partial charge >= 0.3 is 0 Å². The quantitative estimate of drug-likeness (QED) is 0.690. The van der Waals surface area contributed by atoms with Gasteiger partial charge in [-0.15, -0.1) is 0 Å². The summed E-state index contributed by atoms with van der Waals surface area (Å²) in [6, 6.07) is 7.18. The number of Topliss-reactive ketones (excluding diaryl/α,β-unsaturated/α-hetero) is 1. The number of carbonyl (C=O) groups is 1. The van der Waals surface area contributed by atoms with Gasteiger partial charge in [0, 0.05) is 12.0 Å². The summed E-state index contributed by atoms with van der Waals surface area (Å²) in [6.45, 7) is 4.19. The summed E-state index contributed by atoms with van der Waals surface area (Å²) in [6.07, 6.45) is 2.57. The standard InChI is InChI=1S/C13H17O2/c1-10(2)4-9-13(14)11-5-7-12(15-3)8-6-11/h5-10H,4H2,1-3H3. The molecule has 0 heterocycles. The highest BCUT2D eigenvalue weighted by molar-refractivity contribution is 6.02. The van der Waals surface area contributed by atoms with Crippen LogP contribution in [0.25, 0.3) is 0 Å². The fraction of sp³-hybridized carbons (Fsp3) is 0.385. The number of methoxy groups -OCH3 is 1. The molecule has 0 spiro atoms. The van der Waals surface area contributed by atoms with Gasteiger partial charge in [0.2, 0.25) is 0 Å². The highest BCUT2D eigenvalue weighted by atomic mass is 16.5. The van der Waals surface area contributed by atoms with E-state index in [9.17, 15) is 4.79 Å². The maximum Gasteiger partial charge on any atom is 0.166 e. The van der Waals surface area contributed by atoms with Crippen molar-refractivity contribution in [2.24, 2.45) is 5.92 Å². The van der Waals surface area contributed by atoms with Gasteiger partial charge in [0.05, 0.1) is 7.11 Å². The molecule has 0 amide bonds. The van der Waals surface area contributed by atoms with E-state index in [0.717, 1.165) is 17.7 Å². The van der Waals surface area contributed by atoms with Crippen LogP contribution in [0.5, 0.6) is 5.75 Å². The van der Waals surface area contributed by atoms with E-state index in [0.29, 0.717) is 5.92 Å². The molecule has 15 heavy (non-hydrogen) atoms. The highest BCUT2D eigenvalue weighted by Gasteiger charge is 2.07. The molecule has 2 nitrogen and oxygen atoms in total. The Hall–Kier alpha value is -1.31. The van der Waals surface area contributed by atoms with Crippen molar-refractivity contribution in [1.29, 1.82) is 0 Å². The number of ether oxygens (including phenoxy) is 1. The number of carbonyl (C=O) groups excluding carboxylic acids is 1. The first-order valence-corrected chi connectivity index (χ1v) is 5.15. The molecule has 0 aromatic heterocycles. The summed E-state index contributed by atoms with van der Waals surface area (Å²) in [5.41, 5.74) is 0.719. The van der Waals surface area contributed by atoms with Gasteiger partial charge in [0.15, 0.2) is 5.78 Å².